The van der Waals surface area contributed by atoms with Gasteiger partial charge in [-0.15, -0.1) is 0 Å². The summed E-state index contributed by atoms with van der Waals surface area (Å²) in [6, 6.07) is 14.1. The summed E-state index contributed by atoms with van der Waals surface area (Å²) in [6.45, 7) is 2.40. The van der Waals surface area contributed by atoms with Crippen molar-refractivity contribution in [3.63, 3.8) is 0 Å². The lowest BCUT2D eigenvalue weighted by Gasteiger charge is -2.04. The zero-order valence-corrected chi connectivity index (χ0v) is 15.2. The van der Waals surface area contributed by atoms with Gasteiger partial charge in [-0.1, -0.05) is 47.7 Å². The molecular formula is C18H16FN3OS2. The molecule has 1 heterocycles. The van der Waals surface area contributed by atoms with Crippen LogP contribution >= 0.6 is 23.3 Å². The zero-order chi connectivity index (χ0) is 17.6. The summed E-state index contributed by atoms with van der Waals surface area (Å²) >= 11 is 2.65. The van der Waals surface area contributed by atoms with Gasteiger partial charge in [0.15, 0.2) is 10.2 Å². The van der Waals surface area contributed by atoms with E-state index in [0.29, 0.717) is 12.4 Å². The van der Waals surface area contributed by atoms with Gasteiger partial charge in [0.2, 0.25) is 5.91 Å². The number of aromatic nitrogens is 2. The summed E-state index contributed by atoms with van der Waals surface area (Å²) in [5.74, 6) is 0.569. The predicted molar refractivity (Wildman–Crippen MR) is 99.1 cm³/mol. The van der Waals surface area contributed by atoms with Gasteiger partial charge < -0.3 is 5.32 Å². The minimum atomic E-state index is -0.286. The van der Waals surface area contributed by atoms with Gasteiger partial charge in [-0.05, 0) is 42.2 Å². The first-order valence-electron chi connectivity index (χ1n) is 7.65. The third kappa shape index (κ3) is 5.11. The number of nitrogens with one attached hydrogen (secondary N) is 1. The maximum absolute atomic E-state index is 12.8. The van der Waals surface area contributed by atoms with Crippen molar-refractivity contribution < 1.29 is 9.18 Å². The highest BCUT2D eigenvalue weighted by Gasteiger charge is 2.09. The van der Waals surface area contributed by atoms with Crippen molar-refractivity contribution in [3.8, 4) is 11.4 Å². The number of nitrogens with zero attached hydrogens (tertiary/aromatic N) is 2. The molecule has 0 saturated carbocycles. The van der Waals surface area contributed by atoms with Gasteiger partial charge in [-0.2, -0.15) is 4.37 Å². The van der Waals surface area contributed by atoms with Gasteiger partial charge in [-0.25, -0.2) is 9.37 Å². The Morgan fingerprint density at radius 3 is 2.80 bits per heavy atom. The van der Waals surface area contributed by atoms with Crippen molar-refractivity contribution in [2.24, 2.45) is 0 Å². The average Bonchev–Trinajstić information content (AvgIpc) is 3.08. The average molecular weight is 373 g/mol. The summed E-state index contributed by atoms with van der Waals surface area (Å²) in [4.78, 5) is 16.4. The van der Waals surface area contributed by atoms with Crippen LogP contribution in [0.15, 0.2) is 52.9 Å². The van der Waals surface area contributed by atoms with E-state index in [1.54, 1.807) is 12.1 Å². The molecule has 4 nitrogen and oxygen atoms in total. The van der Waals surface area contributed by atoms with E-state index in [1.165, 1.54) is 35.4 Å². The number of rotatable bonds is 6. The molecule has 0 saturated heterocycles. The Hall–Kier alpha value is -2.25. The second-order valence-corrected chi connectivity index (χ2v) is 7.42. The number of amides is 1. The molecule has 0 aliphatic rings. The zero-order valence-electron chi connectivity index (χ0n) is 13.5. The van der Waals surface area contributed by atoms with Crippen LogP contribution < -0.4 is 5.32 Å². The fraction of sp³-hybridized carbons (Fsp3) is 0.167. The summed E-state index contributed by atoms with van der Waals surface area (Å²) < 4.78 is 17.9. The van der Waals surface area contributed by atoms with Crippen LogP contribution in [0.4, 0.5) is 4.39 Å². The number of benzene rings is 2. The maximum Gasteiger partial charge on any atom is 0.230 e. The summed E-state index contributed by atoms with van der Waals surface area (Å²) in [6.07, 6.45) is 0. The lowest BCUT2D eigenvalue weighted by Crippen LogP contribution is -2.24. The molecule has 0 bridgehead atoms. The van der Waals surface area contributed by atoms with E-state index in [9.17, 15) is 9.18 Å². The molecular weight excluding hydrogens is 357 g/mol. The monoisotopic (exact) mass is 373 g/mol. The molecule has 7 heteroatoms. The third-order valence-corrected chi connectivity index (χ3v) is 5.25. The van der Waals surface area contributed by atoms with Crippen LogP contribution in [0.2, 0.25) is 0 Å². The van der Waals surface area contributed by atoms with Crippen LogP contribution in [0.3, 0.4) is 0 Å². The van der Waals surface area contributed by atoms with Crippen LogP contribution in [0.5, 0.6) is 0 Å². The van der Waals surface area contributed by atoms with E-state index in [2.05, 4.69) is 14.7 Å². The van der Waals surface area contributed by atoms with E-state index in [0.717, 1.165) is 21.0 Å². The highest BCUT2D eigenvalue weighted by atomic mass is 32.2. The quantitative estimate of drug-likeness (QED) is 0.662. The molecule has 0 radical (unpaired) electrons. The van der Waals surface area contributed by atoms with Crippen LogP contribution in [0.25, 0.3) is 11.4 Å². The number of aryl methyl sites for hydroxylation is 1. The number of thioether (sulfide) groups is 1. The largest absolute Gasteiger partial charge is 0.351 e. The van der Waals surface area contributed by atoms with Crippen molar-refractivity contribution in [2.45, 2.75) is 17.8 Å². The van der Waals surface area contributed by atoms with Crippen LogP contribution in [0, 0.1) is 12.7 Å². The first kappa shape index (κ1) is 17.6. The van der Waals surface area contributed by atoms with E-state index >= 15 is 0 Å². The number of halogens is 1. The molecule has 1 amide bonds. The van der Waals surface area contributed by atoms with Gasteiger partial charge in [0.1, 0.15) is 5.82 Å². The Labute approximate surface area is 153 Å². The molecule has 2 aromatic carbocycles. The number of hydrogen-bond acceptors (Lipinski definition) is 5. The fourth-order valence-electron chi connectivity index (χ4n) is 2.15. The Balaban J connectivity index is 1.50. The molecule has 0 spiro atoms. The molecule has 0 aliphatic heterocycles. The smallest absolute Gasteiger partial charge is 0.230 e. The van der Waals surface area contributed by atoms with Gasteiger partial charge in [0.25, 0.3) is 0 Å². The van der Waals surface area contributed by atoms with Gasteiger partial charge >= 0.3 is 0 Å². The molecule has 3 rings (SSSR count). The Morgan fingerprint density at radius 2 is 2.04 bits per heavy atom. The summed E-state index contributed by atoms with van der Waals surface area (Å²) in [5.41, 5.74) is 2.99. The van der Waals surface area contributed by atoms with Crippen molar-refractivity contribution in [3.05, 3.63) is 65.5 Å². The van der Waals surface area contributed by atoms with E-state index in [1.807, 2.05) is 31.2 Å². The highest BCUT2D eigenvalue weighted by Crippen LogP contribution is 2.25. The Morgan fingerprint density at radius 1 is 1.24 bits per heavy atom. The normalized spacial score (nSPS) is 10.6. The Kier molecular flexibility index (Phi) is 5.78. The number of carbonyl (C=O) groups excluding carboxylic acids is 1. The molecule has 1 N–H and O–H groups in total. The van der Waals surface area contributed by atoms with Crippen LogP contribution in [-0.4, -0.2) is 21.0 Å². The lowest BCUT2D eigenvalue weighted by atomic mass is 10.1. The number of hydrogen-bond donors (Lipinski definition) is 1. The van der Waals surface area contributed by atoms with Crippen molar-refractivity contribution in [1.29, 1.82) is 0 Å². The second kappa shape index (κ2) is 8.22. The summed E-state index contributed by atoms with van der Waals surface area (Å²) in [5, 5.41) is 2.81. The highest BCUT2D eigenvalue weighted by molar-refractivity contribution is 8.01. The molecule has 0 atom stereocenters. The first-order valence-corrected chi connectivity index (χ1v) is 9.41. The number of carbonyl (C=O) groups is 1. The molecule has 0 unspecified atom stereocenters. The SMILES string of the molecule is Cc1cccc(-c2nsc(SCC(=O)NCc3ccc(F)cc3)n2)c1. The van der Waals surface area contributed by atoms with Gasteiger partial charge in [0.05, 0.1) is 5.75 Å². The molecule has 3 aromatic rings. The Bertz CT molecular complexity index is 865. The third-order valence-electron chi connectivity index (χ3n) is 3.41. The van der Waals surface area contributed by atoms with E-state index < -0.39 is 0 Å². The molecule has 128 valence electrons. The van der Waals surface area contributed by atoms with Crippen molar-refractivity contribution >= 4 is 29.2 Å². The van der Waals surface area contributed by atoms with Gasteiger partial charge in [0, 0.05) is 12.1 Å². The molecule has 0 fully saturated rings. The van der Waals surface area contributed by atoms with Crippen molar-refractivity contribution in [2.75, 3.05) is 5.75 Å². The second-order valence-electron chi connectivity index (χ2n) is 5.45. The van der Waals surface area contributed by atoms with Gasteiger partial charge in [-0.3, -0.25) is 4.79 Å². The van der Waals surface area contributed by atoms with E-state index in [-0.39, 0.29) is 17.5 Å². The van der Waals surface area contributed by atoms with Crippen LogP contribution in [0.1, 0.15) is 11.1 Å². The minimum Gasteiger partial charge on any atom is -0.351 e. The lowest BCUT2D eigenvalue weighted by molar-refractivity contribution is -0.118. The fourth-order valence-corrected chi connectivity index (χ4v) is 3.60. The summed E-state index contributed by atoms with van der Waals surface area (Å²) in [7, 11) is 0. The van der Waals surface area contributed by atoms with Crippen molar-refractivity contribution in [1.82, 2.24) is 14.7 Å². The molecule has 0 aliphatic carbocycles. The van der Waals surface area contributed by atoms with Crippen LogP contribution in [-0.2, 0) is 11.3 Å². The minimum absolute atomic E-state index is 0.0957. The standard InChI is InChI=1S/C18H16FN3OS2/c1-12-3-2-4-14(9-12)17-21-18(25-22-17)24-11-16(23)20-10-13-5-7-15(19)8-6-13/h2-9H,10-11H2,1H3,(H,20,23). The first-order chi connectivity index (χ1) is 12.1. The molecule has 1 aromatic heterocycles. The maximum atomic E-state index is 12.8. The topological polar surface area (TPSA) is 54.9 Å². The predicted octanol–water partition coefficient (Wildman–Crippen LogP) is 4.06. The molecule has 25 heavy (non-hydrogen) atoms. The van der Waals surface area contributed by atoms with E-state index in [4.69, 9.17) is 0 Å².